The quantitative estimate of drug-likeness (QED) is 0.866. The van der Waals surface area contributed by atoms with Gasteiger partial charge in [0.1, 0.15) is 8.24 Å². The molecule has 0 fully saturated rings. The van der Waals surface area contributed by atoms with Crippen LogP contribution in [0.1, 0.15) is 26.3 Å². The number of rotatable bonds is 3. The summed E-state index contributed by atoms with van der Waals surface area (Å²) < 4.78 is 27.6. The van der Waals surface area contributed by atoms with E-state index in [1.807, 2.05) is 32.2 Å². The molecule has 0 amide bonds. The highest BCUT2D eigenvalue weighted by Gasteiger charge is 2.39. The van der Waals surface area contributed by atoms with Crippen molar-refractivity contribution in [1.29, 1.82) is 0 Å². The summed E-state index contributed by atoms with van der Waals surface area (Å²) in [4.78, 5) is 0.345. The summed E-state index contributed by atoms with van der Waals surface area (Å²) in [5.74, 6) is 0. The number of nitrogens with one attached hydrogen (secondary N) is 1. The lowest BCUT2D eigenvalue weighted by Gasteiger charge is -2.36. The largest absolute Gasteiger partial charge is 0.234 e. The number of sulfonamides is 1. The second-order valence-electron chi connectivity index (χ2n) is 6.29. The minimum Gasteiger partial charge on any atom is -0.233 e. The molecule has 1 aromatic rings. The van der Waals surface area contributed by atoms with Gasteiger partial charge in [-0.2, -0.15) is 0 Å². The molecule has 1 rings (SSSR count). The predicted molar refractivity (Wildman–Crippen MR) is 78.7 cm³/mol. The summed E-state index contributed by atoms with van der Waals surface area (Å²) >= 11 is 0. The van der Waals surface area contributed by atoms with Crippen molar-refractivity contribution >= 4 is 18.3 Å². The molecule has 0 heterocycles. The standard InChI is InChI=1S/C13H23NO2SSi/c1-11-7-9-12(10-8-11)17(15,16)14-18(5,6)13(2,3)4/h7-10,14H,1-6H3. The van der Waals surface area contributed by atoms with E-state index in [1.54, 1.807) is 12.1 Å². The van der Waals surface area contributed by atoms with Gasteiger partial charge in [0.2, 0.25) is 10.0 Å². The number of aryl methyl sites for hydroxylation is 1. The van der Waals surface area contributed by atoms with E-state index in [4.69, 9.17) is 0 Å². The Labute approximate surface area is 112 Å². The topological polar surface area (TPSA) is 46.2 Å². The van der Waals surface area contributed by atoms with Crippen LogP contribution in [0.15, 0.2) is 29.2 Å². The third-order valence-electron chi connectivity index (χ3n) is 3.60. The van der Waals surface area contributed by atoms with Crippen LogP contribution >= 0.6 is 0 Å². The van der Waals surface area contributed by atoms with Gasteiger partial charge in [0.05, 0.1) is 4.90 Å². The van der Waals surface area contributed by atoms with Gasteiger partial charge in [-0.25, -0.2) is 12.8 Å². The maximum atomic E-state index is 12.3. The van der Waals surface area contributed by atoms with Crippen molar-refractivity contribution < 1.29 is 8.42 Å². The van der Waals surface area contributed by atoms with Crippen LogP contribution in [0.2, 0.25) is 18.1 Å². The molecule has 0 aliphatic carbocycles. The van der Waals surface area contributed by atoms with Crippen LogP contribution in [0.25, 0.3) is 0 Å². The van der Waals surface area contributed by atoms with Crippen LogP contribution in [0.3, 0.4) is 0 Å². The van der Waals surface area contributed by atoms with Crippen LogP contribution in [-0.4, -0.2) is 16.7 Å². The van der Waals surface area contributed by atoms with E-state index in [0.29, 0.717) is 4.90 Å². The summed E-state index contributed by atoms with van der Waals surface area (Å²) in [5.41, 5.74) is 1.06. The first-order valence-electron chi connectivity index (χ1n) is 6.06. The summed E-state index contributed by atoms with van der Waals surface area (Å²) in [5, 5.41) is -0.0230. The molecule has 18 heavy (non-hydrogen) atoms. The van der Waals surface area contributed by atoms with Crippen molar-refractivity contribution in [1.82, 2.24) is 4.39 Å². The van der Waals surface area contributed by atoms with Crippen LogP contribution in [-0.2, 0) is 10.0 Å². The molecule has 0 aliphatic rings. The fraction of sp³-hybridized carbons (Fsp3) is 0.538. The van der Waals surface area contributed by atoms with Gasteiger partial charge in [-0.1, -0.05) is 51.6 Å². The molecule has 0 saturated carbocycles. The maximum Gasteiger partial charge on any atom is 0.234 e. The van der Waals surface area contributed by atoms with Crippen LogP contribution in [0.5, 0.6) is 0 Å². The first-order valence-corrected chi connectivity index (χ1v) is 10.5. The van der Waals surface area contributed by atoms with Gasteiger partial charge in [-0.3, -0.25) is 0 Å². The van der Waals surface area contributed by atoms with E-state index in [0.717, 1.165) is 5.56 Å². The van der Waals surface area contributed by atoms with E-state index >= 15 is 0 Å². The molecule has 0 spiro atoms. The van der Waals surface area contributed by atoms with Gasteiger partial charge >= 0.3 is 0 Å². The van der Waals surface area contributed by atoms with Gasteiger partial charge in [0, 0.05) is 0 Å². The highest BCUT2D eigenvalue weighted by Crippen LogP contribution is 2.34. The first-order chi connectivity index (χ1) is 7.96. The molecule has 1 aromatic carbocycles. The summed E-state index contributed by atoms with van der Waals surface area (Å²) in [7, 11) is -5.48. The Morgan fingerprint density at radius 1 is 1.06 bits per heavy atom. The van der Waals surface area contributed by atoms with Gasteiger partial charge in [0.15, 0.2) is 0 Å². The van der Waals surface area contributed by atoms with E-state index in [-0.39, 0.29) is 5.04 Å². The van der Waals surface area contributed by atoms with Crippen molar-refractivity contribution in [3.8, 4) is 0 Å². The molecule has 0 bridgehead atoms. The fourth-order valence-electron chi connectivity index (χ4n) is 1.27. The molecular formula is C13H23NO2SSi. The average Bonchev–Trinajstić information content (AvgIpc) is 2.14. The predicted octanol–water partition coefficient (Wildman–Crippen LogP) is 3.28. The first kappa shape index (κ1) is 15.4. The molecule has 0 unspecified atom stereocenters. The van der Waals surface area contributed by atoms with E-state index < -0.39 is 18.3 Å². The van der Waals surface area contributed by atoms with Crippen LogP contribution in [0.4, 0.5) is 0 Å². The molecule has 3 nitrogen and oxygen atoms in total. The van der Waals surface area contributed by atoms with E-state index in [9.17, 15) is 8.42 Å². The monoisotopic (exact) mass is 285 g/mol. The minimum atomic E-state index is -3.41. The molecular weight excluding hydrogens is 262 g/mol. The van der Waals surface area contributed by atoms with Gasteiger partial charge in [0.25, 0.3) is 0 Å². The van der Waals surface area contributed by atoms with Crippen molar-refractivity contribution in [3.05, 3.63) is 29.8 Å². The summed E-state index contributed by atoms with van der Waals surface area (Å²) in [6.07, 6.45) is 0. The number of hydrogen-bond acceptors (Lipinski definition) is 2. The molecule has 102 valence electrons. The third-order valence-corrected chi connectivity index (χ3v) is 11.4. The molecule has 0 saturated heterocycles. The van der Waals surface area contributed by atoms with E-state index in [2.05, 4.69) is 25.2 Å². The summed E-state index contributed by atoms with van der Waals surface area (Å²) in [6, 6.07) is 6.95. The van der Waals surface area contributed by atoms with Crippen LogP contribution < -0.4 is 4.39 Å². The maximum absolute atomic E-state index is 12.3. The lowest BCUT2D eigenvalue weighted by Crippen LogP contribution is -2.54. The zero-order chi connectivity index (χ0) is 14.2. The molecule has 5 heteroatoms. The zero-order valence-electron chi connectivity index (χ0n) is 12.0. The highest BCUT2D eigenvalue weighted by molar-refractivity contribution is 7.91. The van der Waals surface area contributed by atoms with Crippen molar-refractivity contribution in [2.24, 2.45) is 0 Å². The van der Waals surface area contributed by atoms with Crippen LogP contribution in [0, 0.1) is 6.92 Å². The third kappa shape index (κ3) is 3.43. The Morgan fingerprint density at radius 2 is 1.50 bits per heavy atom. The molecule has 1 N–H and O–H groups in total. The Hall–Kier alpha value is -0.653. The normalized spacial score (nSPS) is 13.7. The lowest BCUT2D eigenvalue weighted by atomic mass is 10.2. The van der Waals surface area contributed by atoms with Crippen molar-refractivity contribution in [3.63, 3.8) is 0 Å². The Kier molecular flexibility index (Phi) is 4.10. The number of hydrogen-bond donors (Lipinski definition) is 1. The lowest BCUT2D eigenvalue weighted by molar-refractivity contribution is 0.589. The number of benzene rings is 1. The van der Waals surface area contributed by atoms with Gasteiger partial charge < -0.3 is 0 Å². The Balaban J connectivity index is 3.07. The second kappa shape index (κ2) is 4.79. The molecule has 0 radical (unpaired) electrons. The van der Waals surface area contributed by atoms with Gasteiger partial charge in [-0.05, 0) is 24.1 Å². The minimum absolute atomic E-state index is 0.0230. The van der Waals surface area contributed by atoms with Crippen molar-refractivity contribution in [2.45, 2.75) is 50.7 Å². The average molecular weight is 285 g/mol. The molecule has 0 aromatic heterocycles. The Morgan fingerprint density at radius 3 is 1.89 bits per heavy atom. The van der Waals surface area contributed by atoms with Crippen molar-refractivity contribution in [2.75, 3.05) is 0 Å². The second-order valence-corrected chi connectivity index (χ2v) is 13.3. The molecule has 0 atom stereocenters. The summed E-state index contributed by atoms with van der Waals surface area (Å²) in [6.45, 7) is 12.3. The fourth-order valence-corrected chi connectivity index (χ4v) is 6.14. The zero-order valence-corrected chi connectivity index (χ0v) is 13.9. The highest BCUT2D eigenvalue weighted by atomic mass is 32.2. The van der Waals surface area contributed by atoms with E-state index in [1.165, 1.54) is 0 Å². The smallest absolute Gasteiger partial charge is 0.233 e. The Bertz CT molecular complexity index is 513. The van der Waals surface area contributed by atoms with Gasteiger partial charge in [-0.15, -0.1) is 0 Å². The SMILES string of the molecule is Cc1ccc(S(=O)(=O)N[Si](C)(C)C(C)(C)C)cc1. The molecule has 0 aliphatic heterocycles.